The van der Waals surface area contributed by atoms with E-state index in [1.54, 1.807) is 25.4 Å². The fourth-order valence-corrected chi connectivity index (χ4v) is 23.6. The zero-order chi connectivity index (χ0) is 16.3. The summed E-state index contributed by atoms with van der Waals surface area (Å²) >= 11 is -0.0209. The van der Waals surface area contributed by atoms with Crippen LogP contribution in [0.15, 0.2) is 29.2 Å². The van der Waals surface area contributed by atoms with Gasteiger partial charge in [-0.15, -0.1) is 0 Å². The number of halogens is 1. The summed E-state index contributed by atoms with van der Waals surface area (Å²) in [4.78, 5) is 1.26. The van der Waals surface area contributed by atoms with Gasteiger partial charge in [-0.05, 0) is 0 Å². The number of rotatable bonds is 12. The standard InChI is InChI=1S/C7H6FS.3C4H9.Sn/c1-9-7-4-2-6(8)3-5-7;3*1-3-4-2;/h2-5H,1H2;3*1,3-4H2,2H3;. The van der Waals surface area contributed by atoms with Crippen molar-refractivity contribution in [2.24, 2.45) is 0 Å². The first-order valence-corrected chi connectivity index (χ1v) is 18.1. The Kier molecular flexibility index (Phi) is 10.9. The Labute approximate surface area is 145 Å². The molecule has 0 fully saturated rings. The second-order valence-corrected chi connectivity index (χ2v) is 22.9. The number of hydrogen-bond donors (Lipinski definition) is 0. The van der Waals surface area contributed by atoms with Gasteiger partial charge in [-0.2, -0.15) is 0 Å². The van der Waals surface area contributed by atoms with Crippen LogP contribution in [-0.2, 0) is 0 Å². The summed E-state index contributed by atoms with van der Waals surface area (Å²) in [7, 11) is 0. The van der Waals surface area contributed by atoms with Gasteiger partial charge in [0.2, 0.25) is 0 Å². The molecule has 22 heavy (non-hydrogen) atoms. The second kappa shape index (κ2) is 11.8. The Hall–Kier alpha value is 0.299. The summed E-state index contributed by atoms with van der Waals surface area (Å²) in [6, 6.07) is 7.11. The van der Waals surface area contributed by atoms with E-state index < -0.39 is 18.4 Å². The minimum atomic E-state index is -2.03. The SMILES string of the molecule is CCC[CH2][Sn]([CH2]CCC)([CH2]CCC)[CH2]Sc1ccc(F)cc1. The van der Waals surface area contributed by atoms with Gasteiger partial charge in [0.15, 0.2) is 0 Å². The molecule has 0 spiro atoms. The molecule has 0 aliphatic heterocycles. The van der Waals surface area contributed by atoms with Gasteiger partial charge in [-0.25, -0.2) is 0 Å². The third kappa shape index (κ3) is 7.72. The Morgan fingerprint density at radius 1 is 0.818 bits per heavy atom. The first kappa shape index (κ1) is 20.3. The fourth-order valence-electron chi connectivity index (χ4n) is 3.01. The molecule has 0 saturated heterocycles. The fraction of sp³-hybridized carbons (Fsp3) is 0.684. The summed E-state index contributed by atoms with van der Waals surface area (Å²) in [6.45, 7) is 6.97. The molecule has 1 rings (SSSR count). The zero-order valence-corrected chi connectivity index (χ0v) is 18.3. The summed E-state index contributed by atoms with van der Waals surface area (Å²) in [5, 5.41) is 0. The van der Waals surface area contributed by atoms with Crippen molar-refractivity contribution in [1.29, 1.82) is 0 Å². The Morgan fingerprint density at radius 2 is 1.27 bits per heavy atom. The molecule has 0 aliphatic carbocycles. The van der Waals surface area contributed by atoms with Gasteiger partial charge in [0.05, 0.1) is 0 Å². The van der Waals surface area contributed by atoms with E-state index in [0.717, 1.165) is 0 Å². The zero-order valence-electron chi connectivity index (χ0n) is 14.7. The molecule has 0 saturated carbocycles. The molecule has 1 aromatic carbocycles. The molecule has 0 bridgehead atoms. The maximum atomic E-state index is 13.1. The van der Waals surface area contributed by atoms with Gasteiger partial charge in [0.25, 0.3) is 0 Å². The van der Waals surface area contributed by atoms with Gasteiger partial charge in [-0.1, -0.05) is 0 Å². The average Bonchev–Trinajstić information content (AvgIpc) is 2.55. The van der Waals surface area contributed by atoms with Crippen LogP contribution in [0.2, 0.25) is 13.3 Å². The molecule has 1 aromatic rings. The predicted octanol–water partition coefficient (Wildman–Crippen LogP) is 7.31. The molecule has 0 atom stereocenters. The number of unbranched alkanes of at least 4 members (excludes halogenated alkanes) is 3. The molecule has 0 nitrogen and oxygen atoms in total. The van der Waals surface area contributed by atoms with Gasteiger partial charge in [0, 0.05) is 0 Å². The molecule has 0 unspecified atom stereocenters. The molecular weight excluding hydrogens is 398 g/mol. The first-order chi connectivity index (χ1) is 10.7. The molecule has 0 aromatic heterocycles. The van der Waals surface area contributed by atoms with Crippen LogP contribution in [0.3, 0.4) is 0 Å². The number of benzene rings is 1. The molecule has 126 valence electrons. The van der Waals surface area contributed by atoms with Crippen molar-refractivity contribution < 1.29 is 4.39 Å². The van der Waals surface area contributed by atoms with Crippen LogP contribution in [0, 0.1) is 5.82 Å². The van der Waals surface area contributed by atoms with E-state index >= 15 is 0 Å². The van der Waals surface area contributed by atoms with Crippen LogP contribution in [0.5, 0.6) is 0 Å². The van der Waals surface area contributed by atoms with Gasteiger partial charge < -0.3 is 0 Å². The van der Waals surface area contributed by atoms with E-state index in [4.69, 9.17) is 0 Å². The van der Waals surface area contributed by atoms with Gasteiger partial charge in [-0.3, -0.25) is 0 Å². The Bertz CT molecular complexity index is 369. The third-order valence-corrected chi connectivity index (χ3v) is 24.5. The summed E-state index contributed by atoms with van der Waals surface area (Å²) in [6.07, 6.45) is 8.27. The van der Waals surface area contributed by atoms with E-state index in [1.165, 1.54) is 47.2 Å². The van der Waals surface area contributed by atoms with Crippen LogP contribution >= 0.6 is 11.8 Å². The van der Waals surface area contributed by atoms with E-state index in [-0.39, 0.29) is 5.82 Å². The number of thioether (sulfide) groups is 1. The normalized spacial score (nSPS) is 11.8. The van der Waals surface area contributed by atoms with E-state index in [1.807, 2.05) is 23.9 Å². The maximum absolute atomic E-state index is 13.1. The minimum absolute atomic E-state index is 0.123. The molecule has 0 radical (unpaired) electrons. The van der Waals surface area contributed by atoms with Crippen LogP contribution in [-0.4, -0.2) is 22.1 Å². The van der Waals surface area contributed by atoms with E-state index in [2.05, 4.69) is 20.8 Å². The molecule has 3 heteroatoms. The number of hydrogen-bond acceptors (Lipinski definition) is 1. The van der Waals surface area contributed by atoms with E-state index in [9.17, 15) is 4.39 Å². The van der Waals surface area contributed by atoms with Gasteiger partial charge >= 0.3 is 146 Å². The Morgan fingerprint density at radius 3 is 1.68 bits per heavy atom. The van der Waals surface area contributed by atoms with Crippen molar-refractivity contribution in [2.45, 2.75) is 77.5 Å². The van der Waals surface area contributed by atoms with Crippen molar-refractivity contribution >= 4 is 30.1 Å². The molecular formula is C19H33FSSn. The monoisotopic (exact) mass is 432 g/mol. The summed E-state index contributed by atoms with van der Waals surface area (Å²) < 4.78 is 19.1. The van der Waals surface area contributed by atoms with Crippen molar-refractivity contribution in [1.82, 2.24) is 0 Å². The topological polar surface area (TPSA) is 0 Å². The van der Waals surface area contributed by atoms with Crippen molar-refractivity contribution in [2.75, 3.05) is 3.77 Å². The first-order valence-electron chi connectivity index (χ1n) is 9.04. The second-order valence-electron chi connectivity index (χ2n) is 6.55. The molecule has 0 N–H and O–H groups in total. The van der Waals surface area contributed by atoms with Crippen molar-refractivity contribution in [3.8, 4) is 0 Å². The molecule has 0 amide bonds. The molecule has 0 aliphatic rings. The van der Waals surface area contributed by atoms with Gasteiger partial charge in [0.1, 0.15) is 0 Å². The van der Waals surface area contributed by atoms with Crippen LogP contribution < -0.4 is 0 Å². The van der Waals surface area contributed by atoms with Crippen LogP contribution in [0.25, 0.3) is 0 Å². The quantitative estimate of drug-likeness (QED) is 0.247. The predicted molar refractivity (Wildman–Crippen MR) is 102 cm³/mol. The van der Waals surface area contributed by atoms with Crippen LogP contribution in [0.1, 0.15) is 59.3 Å². The Balaban J connectivity index is 2.72. The van der Waals surface area contributed by atoms with Crippen LogP contribution in [0.4, 0.5) is 4.39 Å². The van der Waals surface area contributed by atoms with Crippen molar-refractivity contribution in [3.05, 3.63) is 30.1 Å². The summed E-state index contributed by atoms with van der Waals surface area (Å²) in [5.74, 6) is -0.123. The average molecular weight is 431 g/mol. The molecule has 0 heterocycles. The summed E-state index contributed by atoms with van der Waals surface area (Å²) in [5.41, 5.74) is 0. The third-order valence-electron chi connectivity index (χ3n) is 4.54. The van der Waals surface area contributed by atoms with E-state index in [0.29, 0.717) is 0 Å². The van der Waals surface area contributed by atoms with Crippen molar-refractivity contribution in [3.63, 3.8) is 0 Å².